The molecule has 3 aromatic carbocycles. The number of carbonyl (C=O) groups excluding carboxylic acids is 1. The first-order valence-electron chi connectivity index (χ1n) is 10.5. The second kappa shape index (κ2) is 9.36. The fourth-order valence-corrected chi connectivity index (χ4v) is 3.78. The van der Waals surface area contributed by atoms with E-state index in [0.29, 0.717) is 11.3 Å². The Bertz CT molecular complexity index is 1090. The van der Waals surface area contributed by atoms with Crippen molar-refractivity contribution < 1.29 is 9.53 Å². The number of rotatable bonds is 6. The van der Waals surface area contributed by atoms with Gasteiger partial charge in [0.25, 0.3) is 5.91 Å². The Morgan fingerprint density at radius 1 is 1.00 bits per heavy atom. The summed E-state index contributed by atoms with van der Waals surface area (Å²) in [5, 5.41) is 11.8. The van der Waals surface area contributed by atoms with E-state index in [-0.39, 0.29) is 12.5 Å². The van der Waals surface area contributed by atoms with Crippen molar-refractivity contribution in [3.05, 3.63) is 77.9 Å². The number of amides is 1. The SMILES string of the molecule is Cc1cc(N2CCCC2)ccc1NC(=O)COc1ccc(-c2ccc(C#N)cc2)cc1. The maximum Gasteiger partial charge on any atom is 0.262 e. The minimum Gasteiger partial charge on any atom is -0.484 e. The molecule has 1 heterocycles. The molecular formula is C26H25N3O2. The summed E-state index contributed by atoms with van der Waals surface area (Å²) in [5.41, 5.74) is 5.76. The van der Waals surface area contributed by atoms with E-state index in [2.05, 4.69) is 28.4 Å². The van der Waals surface area contributed by atoms with Crippen LogP contribution in [0.25, 0.3) is 11.1 Å². The van der Waals surface area contributed by atoms with Crippen LogP contribution in [0.5, 0.6) is 5.75 Å². The molecule has 0 unspecified atom stereocenters. The first kappa shape index (κ1) is 20.5. The molecular weight excluding hydrogens is 386 g/mol. The van der Waals surface area contributed by atoms with E-state index < -0.39 is 0 Å². The van der Waals surface area contributed by atoms with Crippen molar-refractivity contribution in [2.75, 3.05) is 29.9 Å². The Morgan fingerprint density at radius 2 is 1.65 bits per heavy atom. The molecule has 0 aromatic heterocycles. The van der Waals surface area contributed by atoms with Crippen molar-refractivity contribution in [2.45, 2.75) is 19.8 Å². The van der Waals surface area contributed by atoms with E-state index in [4.69, 9.17) is 10.00 Å². The van der Waals surface area contributed by atoms with Crippen molar-refractivity contribution in [2.24, 2.45) is 0 Å². The maximum absolute atomic E-state index is 12.4. The molecule has 0 bridgehead atoms. The van der Waals surface area contributed by atoms with Gasteiger partial charge in [-0.1, -0.05) is 24.3 Å². The molecule has 0 spiro atoms. The lowest BCUT2D eigenvalue weighted by molar-refractivity contribution is -0.118. The Balaban J connectivity index is 1.31. The number of ether oxygens (including phenoxy) is 1. The number of nitriles is 1. The average molecular weight is 412 g/mol. The van der Waals surface area contributed by atoms with E-state index in [1.165, 1.54) is 18.5 Å². The number of hydrogen-bond acceptors (Lipinski definition) is 4. The summed E-state index contributed by atoms with van der Waals surface area (Å²) in [4.78, 5) is 14.7. The first-order chi connectivity index (χ1) is 15.1. The van der Waals surface area contributed by atoms with Crippen LogP contribution < -0.4 is 15.0 Å². The van der Waals surface area contributed by atoms with Gasteiger partial charge < -0.3 is 15.0 Å². The number of hydrogen-bond donors (Lipinski definition) is 1. The van der Waals surface area contributed by atoms with Crippen LogP contribution in [0.3, 0.4) is 0 Å². The molecule has 0 saturated carbocycles. The summed E-state index contributed by atoms with van der Waals surface area (Å²) in [6, 6.07) is 23.3. The highest BCUT2D eigenvalue weighted by Crippen LogP contribution is 2.26. The number of nitrogens with one attached hydrogen (secondary N) is 1. The molecule has 1 fully saturated rings. The summed E-state index contributed by atoms with van der Waals surface area (Å²) in [5.74, 6) is 0.446. The first-order valence-corrected chi connectivity index (χ1v) is 10.5. The normalized spacial score (nSPS) is 13.0. The van der Waals surface area contributed by atoms with Crippen molar-refractivity contribution in [1.82, 2.24) is 0 Å². The summed E-state index contributed by atoms with van der Waals surface area (Å²) in [7, 11) is 0. The summed E-state index contributed by atoms with van der Waals surface area (Å²) >= 11 is 0. The Hall–Kier alpha value is -3.78. The van der Waals surface area contributed by atoms with E-state index in [0.717, 1.165) is 35.5 Å². The number of aryl methyl sites for hydroxylation is 1. The average Bonchev–Trinajstić information content (AvgIpc) is 3.34. The van der Waals surface area contributed by atoms with E-state index >= 15 is 0 Å². The van der Waals surface area contributed by atoms with Crippen LogP contribution in [0, 0.1) is 18.3 Å². The van der Waals surface area contributed by atoms with Gasteiger partial charge in [-0.15, -0.1) is 0 Å². The minimum atomic E-state index is -0.187. The molecule has 1 amide bonds. The van der Waals surface area contributed by atoms with Gasteiger partial charge >= 0.3 is 0 Å². The van der Waals surface area contributed by atoms with Crippen molar-refractivity contribution in [1.29, 1.82) is 5.26 Å². The highest BCUT2D eigenvalue weighted by Gasteiger charge is 2.14. The molecule has 1 N–H and O–H groups in total. The standard InChI is InChI=1S/C26H25N3O2/c1-19-16-23(29-14-2-3-15-29)10-13-25(19)28-26(30)18-31-24-11-8-22(9-12-24)21-6-4-20(17-27)5-7-21/h4-13,16H,2-3,14-15,18H2,1H3,(H,28,30). The van der Waals surface area contributed by atoms with Gasteiger partial charge in [0.15, 0.2) is 6.61 Å². The third-order valence-electron chi connectivity index (χ3n) is 5.53. The van der Waals surface area contributed by atoms with Gasteiger partial charge in [-0.05, 0) is 78.9 Å². The zero-order chi connectivity index (χ0) is 21.6. The Labute approximate surface area is 182 Å². The third-order valence-corrected chi connectivity index (χ3v) is 5.53. The quantitative estimate of drug-likeness (QED) is 0.609. The lowest BCUT2D eigenvalue weighted by Crippen LogP contribution is -2.21. The monoisotopic (exact) mass is 411 g/mol. The minimum absolute atomic E-state index is 0.0521. The molecule has 1 aliphatic rings. The largest absolute Gasteiger partial charge is 0.484 e. The van der Waals surface area contributed by atoms with Crippen LogP contribution in [0.1, 0.15) is 24.0 Å². The second-order valence-corrected chi connectivity index (χ2v) is 7.74. The number of anilines is 2. The Kier molecular flexibility index (Phi) is 6.18. The molecule has 0 radical (unpaired) electrons. The second-order valence-electron chi connectivity index (χ2n) is 7.74. The van der Waals surface area contributed by atoms with E-state index in [1.807, 2.05) is 49.4 Å². The highest BCUT2D eigenvalue weighted by molar-refractivity contribution is 5.92. The van der Waals surface area contributed by atoms with Gasteiger partial charge in [-0.2, -0.15) is 5.26 Å². The molecule has 31 heavy (non-hydrogen) atoms. The molecule has 5 nitrogen and oxygen atoms in total. The van der Waals surface area contributed by atoms with Crippen LogP contribution >= 0.6 is 0 Å². The summed E-state index contributed by atoms with van der Waals surface area (Å²) < 4.78 is 5.65. The molecule has 0 aliphatic carbocycles. The van der Waals surface area contributed by atoms with Gasteiger partial charge in [0.2, 0.25) is 0 Å². The molecule has 0 atom stereocenters. The molecule has 3 aromatic rings. The smallest absolute Gasteiger partial charge is 0.262 e. The van der Waals surface area contributed by atoms with Crippen LogP contribution in [-0.2, 0) is 4.79 Å². The van der Waals surface area contributed by atoms with Gasteiger partial charge in [0, 0.05) is 24.5 Å². The van der Waals surface area contributed by atoms with Crippen LogP contribution in [0.4, 0.5) is 11.4 Å². The maximum atomic E-state index is 12.4. The zero-order valence-electron chi connectivity index (χ0n) is 17.6. The predicted octanol–water partition coefficient (Wildman–Crippen LogP) is 5.15. The summed E-state index contributed by atoms with van der Waals surface area (Å²) in [6.45, 7) is 4.16. The molecule has 4 rings (SSSR count). The third kappa shape index (κ3) is 5.04. The van der Waals surface area contributed by atoms with Gasteiger partial charge in [0.05, 0.1) is 11.6 Å². The Morgan fingerprint density at radius 3 is 2.26 bits per heavy atom. The zero-order valence-corrected chi connectivity index (χ0v) is 17.6. The van der Waals surface area contributed by atoms with Gasteiger partial charge in [-0.3, -0.25) is 4.79 Å². The fourth-order valence-electron chi connectivity index (χ4n) is 3.78. The molecule has 5 heteroatoms. The van der Waals surface area contributed by atoms with E-state index in [9.17, 15) is 4.79 Å². The molecule has 1 saturated heterocycles. The fraction of sp³-hybridized carbons (Fsp3) is 0.231. The highest BCUT2D eigenvalue weighted by atomic mass is 16.5. The van der Waals surface area contributed by atoms with Gasteiger partial charge in [0.1, 0.15) is 5.75 Å². The van der Waals surface area contributed by atoms with Crippen molar-refractivity contribution >= 4 is 17.3 Å². The number of nitrogens with zero attached hydrogens (tertiary/aromatic N) is 2. The molecule has 1 aliphatic heterocycles. The number of benzene rings is 3. The van der Waals surface area contributed by atoms with Gasteiger partial charge in [-0.25, -0.2) is 0 Å². The topological polar surface area (TPSA) is 65.4 Å². The van der Waals surface area contributed by atoms with Crippen LogP contribution in [0.15, 0.2) is 66.7 Å². The van der Waals surface area contributed by atoms with Crippen LogP contribution in [-0.4, -0.2) is 25.6 Å². The lowest BCUT2D eigenvalue weighted by Gasteiger charge is -2.19. The molecule has 156 valence electrons. The van der Waals surface area contributed by atoms with E-state index in [1.54, 1.807) is 12.1 Å². The van der Waals surface area contributed by atoms with Crippen molar-refractivity contribution in [3.63, 3.8) is 0 Å². The van der Waals surface area contributed by atoms with Crippen LogP contribution in [0.2, 0.25) is 0 Å². The van der Waals surface area contributed by atoms with Crippen molar-refractivity contribution in [3.8, 4) is 22.9 Å². The summed E-state index contributed by atoms with van der Waals surface area (Å²) in [6.07, 6.45) is 2.48. The number of carbonyl (C=O) groups is 1. The predicted molar refractivity (Wildman–Crippen MR) is 123 cm³/mol. The lowest BCUT2D eigenvalue weighted by atomic mass is 10.0.